The number of rotatable bonds is 8. The Balaban J connectivity index is 0.00000312. The third kappa shape index (κ3) is 6.53. The minimum absolute atomic E-state index is 0. The average molecular weight is 386 g/mol. The molecule has 0 aromatic heterocycles. The summed E-state index contributed by atoms with van der Waals surface area (Å²) in [4.78, 5) is 24.9. The third-order valence-corrected chi connectivity index (χ3v) is 4.83. The first-order valence-corrected chi connectivity index (χ1v) is 9.92. The fraction of sp³-hybridized carbons (Fsp3) is 0.556. The smallest absolute Gasteiger partial charge is 0.242 e. The Kier molecular flexibility index (Phi) is 9.93. The second-order valence-corrected chi connectivity index (χ2v) is 7.03. The van der Waals surface area contributed by atoms with E-state index in [4.69, 9.17) is 0 Å². The Hall–Kier alpha value is -1.24. The number of nitrogens with one attached hydrogen (secondary N) is 3. The van der Waals surface area contributed by atoms with Gasteiger partial charge in [0.05, 0.1) is 6.04 Å². The average Bonchev–Trinajstić information content (AvgIpc) is 2.62. The predicted octanol–water partition coefficient (Wildman–Crippen LogP) is 1.89. The Labute approximate surface area is 160 Å². The number of hydrogen-bond donors (Lipinski definition) is 3. The highest BCUT2D eigenvalue weighted by Gasteiger charge is 2.27. The van der Waals surface area contributed by atoms with Crippen LogP contribution in [-0.4, -0.2) is 42.5 Å². The fourth-order valence-corrected chi connectivity index (χ4v) is 3.26. The number of fused-ring (bicyclic) bond motifs is 1. The molecular formula is C18H28ClN3O2S. The summed E-state index contributed by atoms with van der Waals surface area (Å²) in [5.41, 5.74) is 2.44. The molecule has 1 aliphatic heterocycles. The zero-order valence-corrected chi connectivity index (χ0v) is 16.5. The van der Waals surface area contributed by atoms with Crippen LogP contribution >= 0.6 is 24.2 Å². The van der Waals surface area contributed by atoms with E-state index in [1.807, 2.05) is 25.3 Å². The van der Waals surface area contributed by atoms with Crippen molar-refractivity contribution in [2.75, 3.05) is 18.6 Å². The lowest BCUT2D eigenvalue weighted by molar-refractivity contribution is -0.130. The maximum atomic E-state index is 12.6. The van der Waals surface area contributed by atoms with Crippen molar-refractivity contribution in [1.82, 2.24) is 16.0 Å². The van der Waals surface area contributed by atoms with Crippen LogP contribution in [0.4, 0.5) is 0 Å². The highest BCUT2D eigenvalue weighted by Crippen LogP contribution is 2.16. The number of carbonyl (C=O) groups is 2. The van der Waals surface area contributed by atoms with Crippen molar-refractivity contribution >= 4 is 36.0 Å². The molecular weight excluding hydrogens is 358 g/mol. The van der Waals surface area contributed by atoms with Gasteiger partial charge in [-0.25, -0.2) is 0 Å². The summed E-state index contributed by atoms with van der Waals surface area (Å²) in [5, 5.41) is 9.09. The maximum Gasteiger partial charge on any atom is 0.242 e. The van der Waals surface area contributed by atoms with Gasteiger partial charge in [-0.2, -0.15) is 11.8 Å². The lowest BCUT2D eigenvalue weighted by Crippen LogP contribution is -2.54. The molecule has 25 heavy (non-hydrogen) atoms. The highest BCUT2D eigenvalue weighted by molar-refractivity contribution is 7.98. The van der Waals surface area contributed by atoms with Crippen molar-refractivity contribution in [2.45, 2.75) is 44.8 Å². The van der Waals surface area contributed by atoms with Gasteiger partial charge in [-0.3, -0.25) is 9.59 Å². The van der Waals surface area contributed by atoms with Crippen LogP contribution in [0.25, 0.3) is 0 Å². The van der Waals surface area contributed by atoms with Gasteiger partial charge in [0.1, 0.15) is 6.04 Å². The molecule has 5 nitrogen and oxygen atoms in total. The third-order valence-electron chi connectivity index (χ3n) is 4.19. The number of hydrogen-bond acceptors (Lipinski definition) is 4. The number of halogens is 1. The number of amides is 2. The van der Waals surface area contributed by atoms with E-state index in [0.29, 0.717) is 25.9 Å². The van der Waals surface area contributed by atoms with Crippen LogP contribution in [0.15, 0.2) is 24.3 Å². The molecule has 0 saturated heterocycles. The Morgan fingerprint density at radius 1 is 1.32 bits per heavy atom. The molecule has 0 spiro atoms. The molecule has 1 aromatic rings. The topological polar surface area (TPSA) is 70.2 Å². The molecule has 0 saturated carbocycles. The molecule has 1 aromatic carbocycles. The lowest BCUT2D eigenvalue weighted by Gasteiger charge is -2.27. The minimum Gasteiger partial charge on any atom is -0.354 e. The summed E-state index contributed by atoms with van der Waals surface area (Å²) in [6, 6.07) is 7.41. The molecule has 7 heteroatoms. The van der Waals surface area contributed by atoms with Gasteiger partial charge in [-0.15, -0.1) is 12.4 Å². The van der Waals surface area contributed by atoms with Crippen molar-refractivity contribution in [3.63, 3.8) is 0 Å². The Morgan fingerprint density at radius 2 is 2.04 bits per heavy atom. The van der Waals surface area contributed by atoms with Gasteiger partial charge in [-0.05, 0) is 42.4 Å². The van der Waals surface area contributed by atoms with Gasteiger partial charge in [0.25, 0.3) is 0 Å². The van der Waals surface area contributed by atoms with Gasteiger partial charge >= 0.3 is 0 Å². The van der Waals surface area contributed by atoms with E-state index in [1.165, 1.54) is 11.1 Å². The largest absolute Gasteiger partial charge is 0.354 e. The predicted molar refractivity (Wildman–Crippen MR) is 106 cm³/mol. The van der Waals surface area contributed by atoms with Gasteiger partial charge < -0.3 is 16.0 Å². The van der Waals surface area contributed by atoms with Crippen LogP contribution < -0.4 is 16.0 Å². The zero-order chi connectivity index (χ0) is 17.4. The first-order valence-electron chi connectivity index (χ1n) is 8.53. The van der Waals surface area contributed by atoms with Gasteiger partial charge in [0, 0.05) is 13.1 Å². The van der Waals surface area contributed by atoms with Crippen molar-refractivity contribution < 1.29 is 9.59 Å². The number of benzene rings is 1. The molecule has 0 aliphatic carbocycles. The molecule has 1 aliphatic rings. The molecule has 3 N–H and O–H groups in total. The van der Waals surface area contributed by atoms with Crippen LogP contribution in [-0.2, 0) is 22.6 Å². The van der Waals surface area contributed by atoms with E-state index in [0.717, 1.165) is 12.2 Å². The van der Waals surface area contributed by atoms with E-state index in [1.54, 1.807) is 11.8 Å². The molecule has 140 valence electrons. The fourth-order valence-electron chi connectivity index (χ4n) is 2.79. The van der Waals surface area contributed by atoms with E-state index < -0.39 is 6.04 Å². The summed E-state index contributed by atoms with van der Waals surface area (Å²) >= 11 is 1.68. The molecule has 0 radical (unpaired) electrons. The van der Waals surface area contributed by atoms with Crippen molar-refractivity contribution in [3.8, 4) is 0 Å². The lowest BCUT2D eigenvalue weighted by atomic mass is 9.95. The minimum atomic E-state index is -0.463. The first kappa shape index (κ1) is 21.8. The maximum absolute atomic E-state index is 12.6. The van der Waals surface area contributed by atoms with Crippen molar-refractivity contribution in [3.05, 3.63) is 35.4 Å². The van der Waals surface area contributed by atoms with Crippen LogP contribution in [0, 0.1) is 0 Å². The normalized spacial score (nSPS) is 17.0. The molecule has 0 fully saturated rings. The first-order chi connectivity index (χ1) is 11.7. The van der Waals surface area contributed by atoms with Gasteiger partial charge in [0.15, 0.2) is 0 Å². The van der Waals surface area contributed by atoms with E-state index in [9.17, 15) is 9.59 Å². The summed E-state index contributed by atoms with van der Waals surface area (Å²) in [7, 11) is 0. The zero-order valence-electron chi connectivity index (χ0n) is 14.8. The summed E-state index contributed by atoms with van der Waals surface area (Å²) in [5.74, 6) is 0.656. The van der Waals surface area contributed by atoms with Crippen molar-refractivity contribution in [2.24, 2.45) is 0 Å². The van der Waals surface area contributed by atoms with Crippen LogP contribution in [0.2, 0.25) is 0 Å². The van der Waals surface area contributed by atoms with E-state index in [-0.39, 0.29) is 30.3 Å². The van der Waals surface area contributed by atoms with Gasteiger partial charge in [-0.1, -0.05) is 31.2 Å². The quantitative estimate of drug-likeness (QED) is 0.639. The molecule has 0 unspecified atom stereocenters. The Bertz CT molecular complexity index is 571. The van der Waals surface area contributed by atoms with E-state index >= 15 is 0 Å². The second kappa shape index (κ2) is 11.4. The van der Waals surface area contributed by atoms with Gasteiger partial charge in [0.2, 0.25) is 11.8 Å². The van der Waals surface area contributed by atoms with E-state index in [2.05, 4.69) is 28.1 Å². The highest BCUT2D eigenvalue weighted by atomic mass is 35.5. The monoisotopic (exact) mass is 385 g/mol. The van der Waals surface area contributed by atoms with Crippen LogP contribution in [0.3, 0.4) is 0 Å². The molecule has 0 bridgehead atoms. The standard InChI is InChI=1S/C18H27N3O2S.ClH/c1-3-9-19-17(22)15(8-10-24-2)21-18(23)16-11-13-6-4-5-7-14(13)12-20-16;/h4-7,15-16,20H,3,8-12H2,1-2H3,(H,19,22)(H,21,23);1H/t15-,16-;/m0./s1. The second-order valence-electron chi connectivity index (χ2n) is 6.04. The summed E-state index contributed by atoms with van der Waals surface area (Å²) in [6.07, 6.45) is 4.19. The number of carbonyl (C=O) groups excluding carboxylic acids is 2. The molecule has 2 atom stereocenters. The van der Waals surface area contributed by atoms with Crippen LogP contribution in [0.5, 0.6) is 0 Å². The summed E-state index contributed by atoms with van der Waals surface area (Å²) in [6.45, 7) is 3.34. The Morgan fingerprint density at radius 3 is 2.72 bits per heavy atom. The molecule has 1 heterocycles. The number of thioether (sulfide) groups is 1. The van der Waals surface area contributed by atoms with Crippen molar-refractivity contribution in [1.29, 1.82) is 0 Å². The molecule has 2 rings (SSSR count). The van der Waals surface area contributed by atoms with Crippen LogP contribution in [0.1, 0.15) is 30.9 Å². The SMILES string of the molecule is CCCNC(=O)[C@H](CCSC)NC(=O)[C@@H]1Cc2ccccc2CN1.Cl. The molecule has 2 amide bonds. The summed E-state index contributed by atoms with van der Waals surface area (Å²) < 4.78 is 0.